The van der Waals surface area contributed by atoms with Crippen molar-refractivity contribution in [2.75, 3.05) is 45.7 Å². The van der Waals surface area contributed by atoms with E-state index in [9.17, 15) is 18.0 Å². The molecule has 1 aliphatic rings. The fourth-order valence-electron chi connectivity index (χ4n) is 4.27. The summed E-state index contributed by atoms with van der Waals surface area (Å²) >= 11 is 0. The lowest BCUT2D eigenvalue weighted by molar-refractivity contribution is -0.231. The number of likely N-dealkylation sites (N-methyl/N-ethyl adjacent to an activating group) is 1. The summed E-state index contributed by atoms with van der Waals surface area (Å²) < 4.78 is 52.7. The highest BCUT2D eigenvalue weighted by Gasteiger charge is 2.40. The second-order valence-electron chi connectivity index (χ2n) is 10.4. The Hall–Kier alpha value is -4.33. The molecule has 0 atom stereocenters. The molecule has 0 radical (unpaired) electrons. The first-order valence-corrected chi connectivity index (χ1v) is 13.2. The summed E-state index contributed by atoms with van der Waals surface area (Å²) in [6.07, 6.45) is 0.593. The number of anilines is 2. The van der Waals surface area contributed by atoms with E-state index in [2.05, 4.69) is 25.6 Å². The fraction of sp³-hybridized carbons (Fsp3) is 0.310. The molecule has 0 aliphatic carbocycles. The van der Waals surface area contributed by atoms with Gasteiger partial charge >= 0.3 is 0 Å². The Balaban J connectivity index is 1.40. The molecule has 1 saturated heterocycles. The zero-order valence-electron chi connectivity index (χ0n) is 23.2. The first-order valence-electron chi connectivity index (χ1n) is 13.2. The molecule has 13 heteroatoms. The number of imidazole rings is 1. The molecular formula is C29H30F3N7O3. The molecule has 0 unspecified atom stereocenters. The van der Waals surface area contributed by atoms with Gasteiger partial charge in [-0.15, -0.1) is 0 Å². The van der Waals surface area contributed by atoms with Crippen molar-refractivity contribution in [1.82, 2.24) is 30.2 Å². The van der Waals surface area contributed by atoms with E-state index in [0.29, 0.717) is 41.6 Å². The van der Waals surface area contributed by atoms with Crippen LogP contribution in [0.1, 0.15) is 19.0 Å². The Morgan fingerprint density at radius 3 is 2.48 bits per heavy atom. The monoisotopic (exact) mass is 581 g/mol. The number of carbonyl (C=O) groups is 1. The van der Waals surface area contributed by atoms with Gasteiger partial charge < -0.3 is 30.0 Å². The van der Waals surface area contributed by atoms with Crippen LogP contribution in [-0.4, -0.2) is 71.1 Å². The van der Waals surface area contributed by atoms with E-state index in [0.717, 1.165) is 12.1 Å². The highest BCUT2D eigenvalue weighted by atomic mass is 19.2. The first kappa shape index (κ1) is 29.2. The number of nitrogens with zero attached hydrogens (tertiary/aromatic N) is 4. The third kappa shape index (κ3) is 6.59. The van der Waals surface area contributed by atoms with Crippen molar-refractivity contribution in [3.05, 3.63) is 78.0 Å². The van der Waals surface area contributed by atoms with E-state index in [4.69, 9.17) is 14.5 Å². The number of benzene rings is 2. The third-order valence-corrected chi connectivity index (χ3v) is 6.65. The lowest BCUT2D eigenvalue weighted by atomic mass is 9.91. The van der Waals surface area contributed by atoms with Crippen LogP contribution >= 0.6 is 0 Å². The molecule has 3 heterocycles. The molecule has 2 aromatic heterocycles. The standard InChI is InChI=1S/C29H30F3N7O3/c1-29(27(40)33-12-13-39(2)3)15-41-26(42-16-29)25-37-23(17-4-6-18(30)7-5-17)24(38-25)22-10-11-34-28(36-22)35-19-8-9-20(31)21(32)14-19/h4-11,14,26H,12-13,15-16H2,1-3H3,(H,33,40)(H,37,38)(H,34,35,36). The minimum absolute atomic E-state index is 0.100. The summed E-state index contributed by atoms with van der Waals surface area (Å²) in [5.41, 5.74) is 1.30. The fourth-order valence-corrected chi connectivity index (χ4v) is 4.27. The number of hydrogen-bond donors (Lipinski definition) is 3. The van der Waals surface area contributed by atoms with Gasteiger partial charge in [0.2, 0.25) is 18.1 Å². The molecule has 1 fully saturated rings. The van der Waals surface area contributed by atoms with E-state index in [1.165, 1.54) is 24.4 Å². The lowest BCUT2D eigenvalue weighted by Gasteiger charge is -2.35. The molecule has 42 heavy (non-hydrogen) atoms. The molecule has 4 aromatic rings. The van der Waals surface area contributed by atoms with Crippen molar-refractivity contribution in [3.63, 3.8) is 0 Å². The number of H-pyrrole nitrogens is 1. The van der Waals surface area contributed by atoms with Crippen molar-refractivity contribution < 1.29 is 27.4 Å². The van der Waals surface area contributed by atoms with Gasteiger partial charge in [0, 0.05) is 36.6 Å². The van der Waals surface area contributed by atoms with Crippen molar-refractivity contribution in [1.29, 1.82) is 0 Å². The molecule has 1 amide bonds. The van der Waals surface area contributed by atoms with Gasteiger partial charge in [-0.1, -0.05) is 0 Å². The van der Waals surface area contributed by atoms with E-state index in [-0.39, 0.29) is 30.8 Å². The quantitative estimate of drug-likeness (QED) is 0.266. The number of aromatic nitrogens is 4. The van der Waals surface area contributed by atoms with Crippen molar-refractivity contribution in [2.24, 2.45) is 5.41 Å². The van der Waals surface area contributed by atoms with Crippen LogP contribution in [0.2, 0.25) is 0 Å². The first-order chi connectivity index (χ1) is 20.1. The summed E-state index contributed by atoms with van der Waals surface area (Å²) in [5.74, 6) is -2.10. The Labute approximate surface area is 240 Å². The van der Waals surface area contributed by atoms with E-state index >= 15 is 0 Å². The van der Waals surface area contributed by atoms with Crippen LogP contribution in [0.25, 0.3) is 22.6 Å². The predicted octanol–water partition coefficient (Wildman–Crippen LogP) is 4.42. The van der Waals surface area contributed by atoms with Gasteiger partial charge in [0.1, 0.15) is 5.82 Å². The summed E-state index contributed by atoms with van der Waals surface area (Å²) in [5, 5.41) is 5.77. The Bertz CT molecular complexity index is 1550. The smallest absolute Gasteiger partial charge is 0.230 e. The third-order valence-electron chi connectivity index (χ3n) is 6.65. The molecule has 10 nitrogen and oxygen atoms in total. The van der Waals surface area contributed by atoms with Gasteiger partial charge in [-0.05, 0) is 63.5 Å². The second kappa shape index (κ2) is 12.3. The van der Waals surface area contributed by atoms with Crippen LogP contribution < -0.4 is 10.6 Å². The topological polar surface area (TPSA) is 117 Å². The molecule has 0 saturated carbocycles. The Morgan fingerprint density at radius 1 is 1.05 bits per heavy atom. The van der Waals surface area contributed by atoms with Crippen LogP contribution in [-0.2, 0) is 14.3 Å². The minimum Gasteiger partial charge on any atom is -0.354 e. The summed E-state index contributed by atoms with van der Waals surface area (Å²) in [6, 6.07) is 10.8. The van der Waals surface area contributed by atoms with E-state index < -0.39 is 29.2 Å². The second-order valence-corrected chi connectivity index (χ2v) is 10.4. The molecule has 0 bridgehead atoms. The number of hydrogen-bond acceptors (Lipinski definition) is 8. The number of rotatable bonds is 9. The van der Waals surface area contributed by atoms with Gasteiger partial charge in [-0.25, -0.2) is 28.1 Å². The van der Waals surface area contributed by atoms with Crippen molar-refractivity contribution in [3.8, 4) is 22.6 Å². The molecular weight excluding hydrogens is 551 g/mol. The Kier molecular flexibility index (Phi) is 8.52. The summed E-state index contributed by atoms with van der Waals surface area (Å²) in [6.45, 7) is 3.17. The predicted molar refractivity (Wildman–Crippen MR) is 149 cm³/mol. The number of ether oxygens (including phenoxy) is 2. The largest absolute Gasteiger partial charge is 0.354 e. The molecule has 220 valence electrons. The number of carbonyl (C=O) groups excluding carboxylic acids is 1. The van der Waals surface area contributed by atoms with E-state index in [1.807, 2.05) is 19.0 Å². The average Bonchev–Trinajstić information content (AvgIpc) is 3.41. The Morgan fingerprint density at radius 2 is 1.79 bits per heavy atom. The lowest BCUT2D eigenvalue weighted by Crippen LogP contribution is -2.49. The SMILES string of the molecule is CN(C)CCNC(=O)C1(C)COC(c2nc(-c3ccc(F)cc3)c(-c3ccnc(Nc4ccc(F)c(F)c4)n3)[nH]2)OC1. The molecule has 2 aromatic carbocycles. The van der Waals surface area contributed by atoms with Gasteiger partial charge in [-0.2, -0.15) is 0 Å². The summed E-state index contributed by atoms with van der Waals surface area (Å²) in [7, 11) is 3.85. The number of halogens is 3. The van der Waals surface area contributed by atoms with Gasteiger partial charge in [-0.3, -0.25) is 4.79 Å². The maximum atomic E-state index is 13.7. The molecule has 3 N–H and O–H groups in total. The van der Waals surface area contributed by atoms with Crippen LogP contribution in [0, 0.1) is 22.9 Å². The van der Waals surface area contributed by atoms with Crippen molar-refractivity contribution >= 4 is 17.5 Å². The molecule has 5 rings (SSSR count). The maximum Gasteiger partial charge on any atom is 0.230 e. The van der Waals surface area contributed by atoms with Gasteiger partial charge in [0.25, 0.3) is 0 Å². The average molecular weight is 582 g/mol. The van der Waals surface area contributed by atoms with Crippen LogP contribution in [0.15, 0.2) is 54.7 Å². The normalized spacial score (nSPS) is 18.7. The highest BCUT2D eigenvalue weighted by molar-refractivity contribution is 5.82. The highest BCUT2D eigenvalue weighted by Crippen LogP contribution is 2.35. The van der Waals surface area contributed by atoms with Gasteiger partial charge in [0.15, 0.2) is 17.5 Å². The van der Waals surface area contributed by atoms with Crippen LogP contribution in [0.5, 0.6) is 0 Å². The van der Waals surface area contributed by atoms with E-state index in [1.54, 1.807) is 25.1 Å². The summed E-state index contributed by atoms with van der Waals surface area (Å²) in [4.78, 5) is 31.4. The molecule has 1 aliphatic heterocycles. The molecule has 0 spiro atoms. The number of aromatic amines is 1. The zero-order chi connectivity index (χ0) is 29.9. The maximum absolute atomic E-state index is 13.7. The van der Waals surface area contributed by atoms with Gasteiger partial charge in [0.05, 0.1) is 35.7 Å². The number of nitrogens with one attached hydrogen (secondary N) is 3. The van der Waals surface area contributed by atoms with Crippen LogP contribution in [0.3, 0.4) is 0 Å². The number of amides is 1. The zero-order valence-corrected chi connectivity index (χ0v) is 23.2. The van der Waals surface area contributed by atoms with Crippen LogP contribution in [0.4, 0.5) is 24.8 Å². The van der Waals surface area contributed by atoms with Crippen molar-refractivity contribution in [2.45, 2.75) is 13.2 Å². The minimum atomic E-state index is -1.01.